The summed E-state index contributed by atoms with van der Waals surface area (Å²) < 4.78 is 1.71. The van der Waals surface area contributed by atoms with Crippen molar-refractivity contribution < 1.29 is 9.90 Å². The number of hydrogen-bond acceptors (Lipinski definition) is 3. The Hall–Kier alpha value is -2.17. The van der Waals surface area contributed by atoms with Gasteiger partial charge >= 0.3 is 5.97 Å². The van der Waals surface area contributed by atoms with E-state index in [-0.39, 0.29) is 11.6 Å². The summed E-state index contributed by atoms with van der Waals surface area (Å²) in [4.78, 5) is 11.2. The SMILES string of the molecule is CC(C)c1c(C(=O)O)nnn1Cc1ccc2c(c1)CCC2. The van der Waals surface area contributed by atoms with E-state index < -0.39 is 5.97 Å². The smallest absolute Gasteiger partial charge is 0.358 e. The first-order valence-corrected chi connectivity index (χ1v) is 7.33. The lowest BCUT2D eigenvalue weighted by Gasteiger charge is -2.11. The minimum Gasteiger partial charge on any atom is -0.476 e. The van der Waals surface area contributed by atoms with Gasteiger partial charge in [-0.1, -0.05) is 37.3 Å². The molecule has 1 aromatic heterocycles. The quantitative estimate of drug-likeness (QED) is 0.937. The number of aromatic nitrogens is 3. The van der Waals surface area contributed by atoms with E-state index in [4.69, 9.17) is 0 Å². The Morgan fingerprint density at radius 1 is 1.33 bits per heavy atom. The zero-order chi connectivity index (χ0) is 15.0. The summed E-state index contributed by atoms with van der Waals surface area (Å²) in [5, 5.41) is 17.1. The van der Waals surface area contributed by atoms with Crippen LogP contribution >= 0.6 is 0 Å². The number of carboxylic acid groups (broad SMARTS) is 1. The predicted molar refractivity (Wildman–Crippen MR) is 78.6 cm³/mol. The molecule has 21 heavy (non-hydrogen) atoms. The zero-order valence-corrected chi connectivity index (χ0v) is 12.3. The molecule has 1 aliphatic rings. The Labute approximate surface area is 123 Å². The number of nitrogens with zero attached hydrogens (tertiary/aromatic N) is 3. The molecule has 0 amide bonds. The van der Waals surface area contributed by atoms with Crippen LogP contribution in [0, 0.1) is 0 Å². The monoisotopic (exact) mass is 285 g/mol. The molecule has 1 aromatic carbocycles. The van der Waals surface area contributed by atoms with Crippen LogP contribution in [0.25, 0.3) is 0 Å². The van der Waals surface area contributed by atoms with Crippen molar-refractivity contribution in [1.82, 2.24) is 15.0 Å². The van der Waals surface area contributed by atoms with Gasteiger partial charge in [-0.2, -0.15) is 0 Å². The molecule has 2 aromatic rings. The summed E-state index contributed by atoms with van der Waals surface area (Å²) in [6.07, 6.45) is 3.53. The summed E-state index contributed by atoms with van der Waals surface area (Å²) >= 11 is 0. The number of aromatic carboxylic acids is 1. The third-order valence-electron chi connectivity index (χ3n) is 4.02. The van der Waals surface area contributed by atoms with Gasteiger partial charge in [-0.05, 0) is 41.9 Å². The summed E-state index contributed by atoms with van der Waals surface area (Å²) in [5.41, 5.74) is 4.75. The van der Waals surface area contributed by atoms with Crippen LogP contribution in [0.15, 0.2) is 18.2 Å². The first-order valence-electron chi connectivity index (χ1n) is 7.33. The van der Waals surface area contributed by atoms with Crippen LogP contribution in [-0.4, -0.2) is 26.1 Å². The Balaban J connectivity index is 1.93. The van der Waals surface area contributed by atoms with E-state index in [1.807, 2.05) is 13.8 Å². The third kappa shape index (κ3) is 2.55. The van der Waals surface area contributed by atoms with Crippen LogP contribution in [0.1, 0.15) is 59.1 Å². The Morgan fingerprint density at radius 3 is 2.81 bits per heavy atom. The normalized spacial score (nSPS) is 13.7. The molecule has 3 rings (SSSR count). The standard InChI is InChI=1S/C16H19N3O2/c1-10(2)15-14(16(20)21)17-18-19(15)9-11-6-7-12-4-3-5-13(12)8-11/h6-8,10H,3-5,9H2,1-2H3,(H,20,21). The highest BCUT2D eigenvalue weighted by atomic mass is 16.4. The van der Waals surface area contributed by atoms with Crippen molar-refractivity contribution in [3.63, 3.8) is 0 Å². The van der Waals surface area contributed by atoms with E-state index >= 15 is 0 Å². The number of hydrogen-bond donors (Lipinski definition) is 1. The molecular weight excluding hydrogens is 266 g/mol. The summed E-state index contributed by atoms with van der Waals surface area (Å²) in [6, 6.07) is 6.51. The van der Waals surface area contributed by atoms with Crippen LogP contribution in [0.3, 0.4) is 0 Å². The molecule has 0 atom stereocenters. The van der Waals surface area contributed by atoms with E-state index in [0.29, 0.717) is 12.2 Å². The molecule has 1 aliphatic carbocycles. The van der Waals surface area contributed by atoms with Crippen molar-refractivity contribution in [2.45, 2.75) is 45.6 Å². The first kappa shape index (κ1) is 13.8. The van der Waals surface area contributed by atoms with E-state index in [1.54, 1.807) is 4.68 Å². The fourth-order valence-electron chi connectivity index (χ4n) is 3.06. The Kier molecular flexibility index (Phi) is 3.49. The molecule has 1 N–H and O–H groups in total. The number of fused-ring (bicyclic) bond motifs is 1. The molecule has 1 heterocycles. The van der Waals surface area contributed by atoms with Crippen LogP contribution in [-0.2, 0) is 19.4 Å². The lowest BCUT2D eigenvalue weighted by Crippen LogP contribution is -2.11. The maximum Gasteiger partial charge on any atom is 0.358 e. The molecule has 0 spiro atoms. The van der Waals surface area contributed by atoms with Crippen molar-refractivity contribution in [3.8, 4) is 0 Å². The van der Waals surface area contributed by atoms with Gasteiger partial charge in [0.05, 0.1) is 12.2 Å². The predicted octanol–water partition coefficient (Wildman–Crippen LogP) is 2.64. The van der Waals surface area contributed by atoms with Gasteiger partial charge in [-0.15, -0.1) is 5.10 Å². The number of benzene rings is 1. The minimum absolute atomic E-state index is 0.0613. The molecule has 0 radical (unpaired) electrons. The third-order valence-corrected chi connectivity index (χ3v) is 4.02. The lowest BCUT2D eigenvalue weighted by molar-refractivity contribution is 0.0688. The average molecular weight is 285 g/mol. The maximum absolute atomic E-state index is 11.2. The van der Waals surface area contributed by atoms with Crippen LogP contribution in [0.2, 0.25) is 0 Å². The topological polar surface area (TPSA) is 68.0 Å². The molecule has 0 fully saturated rings. The van der Waals surface area contributed by atoms with Gasteiger partial charge in [0.2, 0.25) is 0 Å². The summed E-state index contributed by atoms with van der Waals surface area (Å²) in [7, 11) is 0. The van der Waals surface area contributed by atoms with E-state index in [2.05, 4.69) is 28.5 Å². The van der Waals surface area contributed by atoms with Gasteiger partial charge in [-0.25, -0.2) is 9.48 Å². The molecule has 0 saturated carbocycles. The van der Waals surface area contributed by atoms with Crippen LogP contribution in [0.4, 0.5) is 0 Å². The highest BCUT2D eigenvalue weighted by Gasteiger charge is 2.21. The number of aryl methyl sites for hydroxylation is 2. The second-order valence-corrected chi connectivity index (χ2v) is 5.90. The highest BCUT2D eigenvalue weighted by Crippen LogP contribution is 2.24. The molecule has 5 nitrogen and oxygen atoms in total. The van der Waals surface area contributed by atoms with Gasteiger partial charge in [-0.3, -0.25) is 0 Å². The molecule has 110 valence electrons. The van der Waals surface area contributed by atoms with E-state index in [9.17, 15) is 9.90 Å². The fourth-order valence-corrected chi connectivity index (χ4v) is 3.06. The second kappa shape index (κ2) is 5.31. The van der Waals surface area contributed by atoms with Crippen molar-refractivity contribution in [1.29, 1.82) is 0 Å². The van der Waals surface area contributed by atoms with Crippen LogP contribution in [0.5, 0.6) is 0 Å². The number of rotatable bonds is 4. The second-order valence-electron chi connectivity index (χ2n) is 5.90. The molecule has 0 bridgehead atoms. The van der Waals surface area contributed by atoms with Crippen molar-refractivity contribution in [2.75, 3.05) is 0 Å². The van der Waals surface area contributed by atoms with Crippen molar-refractivity contribution >= 4 is 5.97 Å². The summed E-state index contributed by atoms with van der Waals surface area (Å²) in [6.45, 7) is 4.50. The first-order chi connectivity index (χ1) is 10.1. The highest BCUT2D eigenvalue weighted by molar-refractivity contribution is 5.86. The Bertz CT molecular complexity index is 689. The van der Waals surface area contributed by atoms with Crippen LogP contribution < -0.4 is 0 Å². The largest absolute Gasteiger partial charge is 0.476 e. The van der Waals surface area contributed by atoms with Gasteiger partial charge in [0, 0.05) is 0 Å². The molecular formula is C16H19N3O2. The molecule has 0 saturated heterocycles. The zero-order valence-electron chi connectivity index (χ0n) is 12.3. The van der Waals surface area contributed by atoms with E-state index in [0.717, 1.165) is 12.0 Å². The molecule has 0 aliphatic heterocycles. The van der Waals surface area contributed by atoms with Crippen molar-refractivity contribution in [3.05, 3.63) is 46.3 Å². The minimum atomic E-state index is -1.01. The maximum atomic E-state index is 11.2. The molecule has 0 unspecified atom stereocenters. The van der Waals surface area contributed by atoms with Gasteiger partial charge < -0.3 is 5.11 Å². The average Bonchev–Trinajstić information content (AvgIpc) is 3.04. The van der Waals surface area contributed by atoms with Gasteiger partial charge in [0.25, 0.3) is 0 Å². The van der Waals surface area contributed by atoms with E-state index in [1.165, 1.54) is 24.0 Å². The number of carboxylic acids is 1. The Morgan fingerprint density at radius 2 is 2.10 bits per heavy atom. The van der Waals surface area contributed by atoms with Crippen molar-refractivity contribution in [2.24, 2.45) is 0 Å². The summed E-state index contributed by atoms with van der Waals surface area (Å²) in [5.74, 6) is -0.945. The molecule has 5 heteroatoms. The van der Waals surface area contributed by atoms with Gasteiger partial charge in [0.1, 0.15) is 0 Å². The fraction of sp³-hybridized carbons (Fsp3) is 0.438. The number of carbonyl (C=O) groups is 1. The van der Waals surface area contributed by atoms with Gasteiger partial charge in [0.15, 0.2) is 5.69 Å². The lowest BCUT2D eigenvalue weighted by atomic mass is 10.1.